The number of hydrogen-bond acceptors (Lipinski definition) is 3. The van der Waals surface area contributed by atoms with Gasteiger partial charge >= 0.3 is 5.97 Å². The molecular formula is C15H19NO4. The second-order valence-corrected chi connectivity index (χ2v) is 4.61. The molecule has 1 amide bonds. The van der Waals surface area contributed by atoms with E-state index in [2.05, 4.69) is 5.32 Å². The van der Waals surface area contributed by atoms with Gasteiger partial charge in [0, 0.05) is 31.9 Å². The molecule has 2 N–H and O–H groups in total. The molecule has 1 aromatic carbocycles. The van der Waals surface area contributed by atoms with E-state index in [-0.39, 0.29) is 11.8 Å². The predicted octanol–water partition coefficient (Wildman–Crippen LogP) is 2.40. The number of methoxy groups -OCH3 is 1. The van der Waals surface area contributed by atoms with Crippen molar-refractivity contribution in [3.63, 3.8) is 0 Å². The van der Waals surface area contributed by atoms with Crippen molar-refractivity contribution in [2.45, 2.75) is 13.3 Å². The van der Waals surface area contributed by atoms with Crippen LogP contribution in [0.1, 0.15) is 18.9 Å². The van der Waals surface area contributed by atoms with Crippen LogP contribution in [0.2, 0.25) is 0 Å². The summed E-state index contributed by atoms with van der Waals surface area (Å²) in [4.78, 5) is 22.2. The Bertz CT molecular complexity index is 496. The number of carbonyl (C=O) groups excluding carboxylic acids is 1. The van der Waals surface area contributed by atoms with Crippen molar-refractivity contribution in [1.29, 1.82) is 0 Å². The zero-order chi connectivity index (χ0) is 15.0. The maximum Gasteiger partial charge on any atom is 0.328 e. The predicted molar refractivity (Wildman–Crippen MR) is 77.4 cm³/mol. The lowest BCUT2D eigenvalue weighted by Crippen LogP contribution is -2.17. The number of anilines is 1. The van der Waals surface area contributed by atoms with E-state index in [4.69, 9.17) is 9.84 Å². The molecule has 0 aliphatic rings. The van der Waals surface area contributed by atoms with Crippen LogP contribution in [0, 0.1) is 5.92 Å². The average molecular weight is 277 g/mol. The van der Waals surface area contributed by atoms with E-state index in [0.29, 0.717) is 18.7 Å². The molecule has 1 unspecified atom stereocenters. The summed E-state index contributed by atoms with van der Waals surface area (Å²) in [5.74, 6) is -0.947. The van der Waals surface area contributed by atoms with Gasteiger partial charge < -0.3 is 15.2 Å². The van der Waals surface area contributed by atoms with Crippen LogP contribution in [0.25, 0.3) is 6.08 Å². The number of carboxylic acid groups (broad SMARTS) is 1. The van der Waals surface area contributed by atoms with Gasteiger partial charge in [0.2, 0.25) is 5.91 Å². The molecule has 5 nitrogen and oxygen atoms in total. The van der Waals surface area contributed by atoms with Gasteiger partial charge in [0.05, 0.1) is 0 Å². The van der Waals surface area contributed by atoms with E-state index in [0.717, 1.165) is 11.6 Å². The first-order valence-electron chi connectivity index (χ1n) is 6.31. The fourth-order valence-corrected chi connectivity index (χ4v) is 1.76. The van der Waals surface area contributed by atoms with Gasteiger partial charge in [0.15, 0.2) is 0 Å². The average Bonchev–Trinajstić information content (AvgIpc) is 2.36. The van der Waals surface area contributed by atoms with Gasteiger partial charge in [0.25, 0.3) is 0 Å². The highest BCUT2D eigenvalue weighted by molar-refractivity contribution is 5.91. The molecule has 1 aromatic rings. The Labute approximate surface area is 118 Å². The standard InChI is InChI=1S/C15H19NO4/c1-11(10-20-2)8-14(17)16-13-5-3-4-12(9-13)6-7-15(18)19/h3-7,9,11H,8,10H2,1-2H3,(H,16,17)(H,18,19)/b7-6+. The van der Waals surface area contributed by atoms with Crippen molar-refractivity contribution >= 4 is 23.6 Å². The molecule has 0 heterocycles. The Balaban J connectivity index is 2.61. The number of rotatable bonds is 7. The first kappa shape index (κ1) is 15.9. The van der Waals surface area contributed by atoms with Crippen molar-refractivity contribution in [2.75, 3.05) is 19.0 Å². The molecule has 1 atom stereocenters. The van der Waals surface area contributed by atoms with E-state index in [9.17, 15) is 9.59 Å². The molecule has 0 fully saturated rings. The van der Waals surface area contributed by atoms with Crippen LogP contribution >= 0.6 is 0 Å². The molecule has 0 radical (unpaired) electrons. The molecule has 108 valence electrons. The van der Waals surface area contributed by atoms with Crippen molar-refractivity contribution in [1.82, 2.24) is 0 Å². The minimum atomic E-state index is -1.01. The van der Waals surface area contributed by atoms with Crippen LogP contribution in [0.15, 0.2) is 30.3 Å². The number of ether oxygens (including phenoxy) is 1. The molecule has 20 heavy (non-hydrogen) atoms. The molecule has 0 saturated heterocycles. The Hall–Kier alpha value is -2.14. The fraction of sp³-hybridized carbons (Fsp3) is 0.333. The summed E-state index contributed by atoms with van der Waals surface area (Å²) in [5.41, 5.74) is 1.36. The molecule has 0 spiro atoms. The van der Waals surface area contributed by atoms with Gasteiger partial charge in [-0.15, -0.1) is 0 Å². The molecule has 0 saturated carbocycles. The summed E-state index contributed by atoms with van der Waals surface area (Å²) in [6, 6.07) is 7.01. The summed E-state index contributed by atoms with van der Waals surface area (Å²) >= 11 is 0. The first-order valence-corrected chi connectivity index (χ1v) is 6.31. The van der Waals surface area contributed by atoms with Crippen LogP contribution in [-0.2, 0) is 14.3 Å². The molecule has 1 rings (SSSR count). The maximum atomic E-state index is 11.8. The lowest BCUT2D eigenvalue weighted by atomic mass is 10.1. The minimum Gasteiger partial charge on any atom is -0.478 e. The Kier molecular flexibility index (Phi) is 6.46. The van der Waals surface area contributed by atoms with Gasteiger partial charge in [-0.3, -0.25) is 4.79 Å². The highest BCUT2D eigenvalue weighted by atomic mass is 16.5. The van der Waals surface area contributed by atoms with Gasteiger partial charge in [-0.2, -0.15) is 0 Å². The Morgan fingerprint density at radius 3 is 2.85 bits per heavy atom. The number of amides is 1. The van der Waals surface area contributed by atoms with E-state index in [1.165, 1.54) is 6.08 Å². The van der Waals surface area contributed by atoms with Crippen molar-refractivity contribution in [3.8, 4) is 0 Å². The van der Waals surface area contributed by atoms with Gasteiger partial charge in [-0.05, 0) is 29.7 Å². The third-order valence-corrected chi connectivity index (χ3v) is 2.57. The summed E-state index contributed by atoms with van der Waals surface area (Å²) in [6.07, 6.45) is 2.91. The normalized spacial score (nSPS) is 12.3. The van der Waals surface area contributed by atoms with E-state index in [1.807, 2.05) is 6.92 Å². The number of carbonyl (C=O) groups is 2. The van der Waals surface area contributed by atoms with Crippen LogP contribution < -0.4 is 5.32 Å². The second kappa shape index (κ2) is 8.12. The first-order chi connectivity index (χ1) is 9.51. The highest BCUT2D eigenvalue weighted by Crippen LogP contribution is 2.13. The van der Waals surface area contributed by atoms with Crippen LogP contribution in [-0.4, -0.2) is 30.7 Å². The van der Waals surface area contributed by atoms with E-state index >= 15 is 0 Å². The molecular weight excluding hydrogens is 258 g/mol. The quantitative estimate of drug-likeness (QED) is 0.750. The van der Waals surface area contributed by atoms with Crippen LogP contribution in [0.4, 0.5) is 5.69 Å². The molecule has 0 bridgehead atoms. The monoisotopic (exact) mass is 277 g/mol. The summed E-state index contributed by atoms with van der Waals surface area (Å²) in [7, 11) is 1.60. The van der Waals surface area contributed by atoms with Crippen LogP contribution in [0.5, 0.6) is 0 Å². The van der Waals surface area contributed by atoms with Crippen molar-refractivity contribution in [2.24, 2.45) is 5.92 Å². The fourth-order valence-electron chi connectivity index (χ4n) is 1.76. The number of carboxylic acids is 1. The van der Waals surface area contributed by atoms with Gasteiger partial charge in [-0.25, -0.2) is 4.79 Å². The number of aliphatic carboxylic acids is 1. The zero-order valence-corrected chi connectivity index (χ0v) is 11.6. The Morgan fingerprint density at radius 1 is 1.45 bits per heavy atom. The van der Waals surface area contributed by atoms with Gasteiger partial charge in [-0.1, -0.05) is 19.1 Å². The number of hydrogen-bond donors (Lipinski definition) is 2. The highest BCUT2D eigenvalue weighted by Gasteiger charge is 2.09. The lowest BCUT2D eigenvalue weighted by Gasteiger charge is -2.10. The second-order valence-electron chi connectivity index (χ2n) is 4.61. The molecule has 0 aromatic heterocycles. The third-order valence-electron chi connectivity index (χ3n) is 2.57. The zero-order valence-electron chi connectivity index (χ0n) is 11.6. The topological polar surface area (TPSA) is 75.6 Å². The summed E-state index contributed by atoms with van der Waals surface area (Å²) in [5, 5.41) is 11.4. The van der Waals surface area contributed by atoms with E-state index in [1.54, 1.807) is 31.4 Å². The molecule has 0 aliphatic heterocycles. The van der Waals surface area contributed by atoms with Crippen molar-refractivity contribution in [3.05, 3.63) is 35.9 Å². The number of nitrogens with one attached hydrogen (secondary N) is 1. The molecule has 0 aliphatic carbocycles. The Morgan fingerprint density at radius 2 is 2.20 bits per heavy atom. The van der Waals surface area contributed by atoms with Crippen molar-refractivity contribution < 1.29 is 19.4 Å². The number of benzene rings is 1. The summed E-state index contributed by atoms with van der Waals surface area (Å²) in [6.45, 7) is 2.48. The molecule has 5 heteroatoms. The summed E-state index contributed by atoms with van der Waals surface area (Å²) < 4.78 is 4.98. The van der Waals surface area contributed by atoms with Gasteiger partial charge in [0.1, 0.15) is 0 Å². The van der Waals surface area contributed by atoms with Crippen LogP contribution in [0.3, 0.4) is 0 Å². The third kappa shape index (κ3) is 6.15. The maximum absolute atomic E-state index is 11.8. The van der Waals surface area contributed by atoms with E-state index < -0.39 is 5.97 Å². The smallest absolute Gasteiger partial charge is 0.328 e. The largest absolute Gasteiger partial charge is 0.478 e. The SMILES string of the molecule is COCC(C)CC(=O)Nc1cccc(/C=C/C(=O)O)c1. The lowest BCUT2D eigenvalue weighted by molar-refractivity contribution is -0.131. The minimum absolute atomic E-state index is 0.0890.